The first-order chi connectivity index (χ1) is 19.9. The van der Waals surface area contributed by atoms with Crippen molar-refractivity contribution in [2.24, 2.45) is 0 Å². The number of carbonyl (C=O) groups is 2. The number of benzene rings is 3. The van der Waals surface area contributed by atoms with Crippen LogP contribution in [0.15, 0.2) is 48.5 Å². The third-order valence-electron chi connectivity index (χ3n) is 7.63. The number of carbonyl (C=O) groups excluding carboxylic acids is 1. The fraction of sp³-hybridized carbons (Fsp3) is 0.333. The molecule has 6 rings (SSSR count). The number of carboxylic acids is 1. The Morgan fingerprint density at radius 3 is 2.24 bits per heavy atom. The Balaban J connectivity index is 1.27. The van der Waals surface area contributed by atoms with Gasteiger partial charge in [0.05, 0.1) is 54.8 Å². The van der Waals surface area contributed by atoms with Gasteiger partial charge in [-0.1, -0.05) is 29.8 Å². The SMILES string of the molecule is O=C(O)c1cc(F)c(-c2cccc3c2OCN(C(=O)c2ccc(N4CCOCC4)cc2Cl)C3)cc1N1CCOCC1. The molecule has 1 amide bonds. The number of ether oxygens (including phenoxy) is 3. The number of anilines is 2. The maximum absolute atomic E-state index is 15.4. The fourth-order valence-electron chi connectivity index (χ4n) is 5.49. The lowest BCUT2D eigenvalue weighted by Gasteiger charge is -2.32. The number of para-hydroxylation sites is 1. The molecule has 0 aromatic heterocycles. The van der Waals surface area contributed by atoms with Crippen molar-refractivity contribution in [3.8, 4) is 16.9 Å². The van der Waals surface area contributed by atoms with Crippen molar-refractivity contribution in [3.05, 3.63) is 76.1 Å². The quantitative estimate of drug-likeness (QED) is 0.471. The van der Waals surface area contributed by atoms with Crippen LogP contribution in [0, 0.1) is 5.82 Å². The van der Waals surface area contributed by atoms with Gasteiger partial charge in [0, 0.05) is 48.6 Å². The van der Waals surface area contributed by atoms with E-state index in [4.69, 9.17) is 25.8 Å². The minimum absolute atomic E-state index is 0.0461. The lowest BCUT2D eigenvalue weighted by atomic mass is 9.97. The van der Waals surface area contributed by atoms with Gasteiger partial charge < -0.3 is 34.0 Å². The van der Waals surface area contributed by atoms with E-state index in [-0.39, 0.29) is 30.3 Å². The molecule has 3 aromatic rings. The van der Waals surface area contributed by atoms with Crippen LogP contribution >= 0.6 is 11.6 Å². The highest BCUT2D eigenvalue weighted by Gasteiger charge is 2.29. The second-order valence-electron chi connectivity index (χ2n) is 10.1. The molecule has 0 atom stereocenters. The number of amides is 1. The molecule has 2 saturated heterocycles. The van der Waals surface area contributed by atoms with E-state index in [2.05, 4.69) is 4.90 Å². The molecule has 0 saturated carbocycles. The molecule has 0 unspecified atom stereocenters. The van der Waals surface area contributed by atoms with Gasteiger partial charge in [0.1, 0.15) is 11.6 Å². The second-order valence-corrected chi connectivity index (χ2v) is 10.5. The molecule has 11 heteroatoms. The molecule has 3 aromatic carbocycles. The molecule has 2 fully saturated rings. The average Bonchev–Trinajstić information content (AvgIpc) is 3.01. The summed E-state index contributed by atoms with van der Waals surface area (Å²) in [6.45, 7) is 4.93. The molecule has 0 aliphatic carbocycles. The molecule has 3 heterocycles. The van der Waals surface area contributed by atoms with Crippen LogP contribution in [0.3, 0.4) is 0 Å². The van der Waals surface area contributed by atoms with E-state index in [0.717, 1.165) is 24.8 Å². The molecular weight excluding hydrogens is 553 g/mol. The molecule has 0 bridgehead atoms. The van der Waals surface area contributed by atoms with Gasteiger partial charge in [-0.25, -0.2) is 9.18 Å². The largest absolute Gasteiger partial charge is 0.478 e. The number of halogens is 2. The van der Waals surface area contributed by atoms with E-state index in [0.29, 0.717) is 72.7 Å². The maximum atomic E-state index is 15.4. The highest BCUT2D eigenvalue weighted by Crippen LogP contribution is 2.40. The van der Waals surface area contributed by atoms with Gasteiger partial charge in [0.25, 0.3) is 5.91 Å². The first-order valence-corrected chi connectivity index (χ1v) is 13.8. The summed E-state index contributed by atoms with van der Waals surface area (Å²) in [5, 5.41) is 10.1. The van der Waals surface area contributed by atoms with E-state index in [1.807, 2.05) is 17.0 Å². The summed E-state index contributed by atoms with van der Waals surface area (Å²) >= 11 is 6.56. The minimum atomic E-state index is -1.20. The summed E-state index contributed by atoms with van der Waals surface area (Å²) in [4.78, 5) is 31.0. The zero-order valence-corrected chi connectivity index (χ0v) is 23.0. The van der Waals surface area contributed by atoms with Crippen LogP contribution in [0.1, 0.15) is 26.3 Å². The number of hydrogen-bond acceptors (Lipinski definition) is 7. The molecule has 1 N–H and O–H groups in total. The van der Waals surface area contributed by atoms with Crippen LogP contribution in [-0.4, -0.2) is 81.2 Å². The van der Waals surface area contributed by atoms with E-state index in [1.165, 1.54) is 0 Å². The van der Waals surface area contributed by atoms with Crippen molar-refractivity contribution in [3.63, 3.8) is 0 Å². The maximum Gasteiger partial charge on any atom is 0.337 e. The standard InChI is InChI=1S/C30H29ClFN3O6/c31-25-14-20(33-6-10-39-11-7-33)4-5-22(25)29(36)35-17-19-2-1-3-21(28(19)41-18-35)23-16-27(34-8-12-40-13-9-34)24(30(37)38)15-26(23)32/h1-5,14-16H,6-13,17-18H2,(H,37,38). The second kappa shape index (κ2) is 11.6. The molecule has 41 heavy (non-hydrogen) atoms. The highest BCUT2D eigenvalue weighted by atomic mass is 35.5. The third kappa shape index (κ3) is 5.42. The summed E-state index contributed by atoms with van der Waals surface area (Å²) in [6.07, 6.45) is 0. The van der Waals surface area contributed by atoms with Crippen LogP contribution in [0.25, 0.3) is 11.1 Å². The van der Waals surface area contributed by atoms with E-state index < -0.39 is 11.8 Å². The number of aromatic carboxylic acids is 1. The predicted molar refractivity (Wildman–Crippen MR) is 152 cm³/mol. The minimum Gasteiger partial charge on any atom is -0.478 e. The number of morpholine rings is 2. The smallest absolute Gasteiger partial charge is 0.337 e. The number of nitrogens with zero attached hydrogens (tertiary/aromatic N) is 3. The first-order valence-electron chi connectivity index (χ1n) is 13.5. The molecule has 0 radical (unpaired) electrons. The average molecular weight is 582 g/mol. The van der Waals surface area contributed by atoms with Crippen molar-refractivity contribution in [2.75, 3.05) is 69.1 Å². The van der Waals surface area contributed by atoms with Gasteiger partial charge in [-0.2, -0.15) is 0 Å². The van der Waals surface area contributed by atoms with Crippen LogP contribution in [-0.2, 0) is 16.0 Å². The van der Waals surface area contributed by atoms with Crippen LogP contribution in [0.5, 0.6) is 5.75 Å². The normalized spacial score (nSPS) is 17.2. The lowest BCUT2D eigenvalue weighted by molar-refractivity contribution is 0.0515. The van der Waals surface area contributed by atoms with Gasteiger partial charge in [-0.05, 0) is 30.3 Å². The number of rotatable bonds is 5. The summed E-state index contributed by atoms with van der Waals surface area (Å²) in [7, 11) is 0. The Morgan fingerprint density at radius 1 is 0.854 bits per heavy atom. The van der Waals surface area contributed by atoms with Crippen LogP contribution < -0.4 is 14.5 Å². The zero-order valence-electron chi connectivity index (χ0n) is 22.3. The lowest BCUT2D eigenvalue weighted by Crippen LogP contribution is -2.38. The number of hydrogen-bond donors (Lipinski definition) is 1. The van der Waals surface area contributed by atoms with Crippen LogP contribution in [0.2, 0.25) is 5.02 Å². The molecule has 0 spiro atoms. The number of carboxylic acid groups (broad SMARTS) is 1. The Labute approximate surface area is 241 Å². The van der Waals surface area contributed by atoms with Crippen molar-refractivity contribution >= 4 is 34.9 Å². The van der Waals surface area contributed by atoms with Gasteiger partial charge in [0.15, 0.2) is 6.73 Å². The predicted octanol–water partition coefficient (Wildman–Crippen LogP) is 4.51. The molecule has 9 nitrogen and oxygen atoms in total. The fourth-order valence-corrected chi connectivity index (χ4v) is 5.74. The van der Waals surface area contributed by atoms with E-state index >= 15 is 4.39 Å². The summed E-state index contributed by atoms with van der Waals surface area (Å²) in [5.41, 5.74) is 3.06. The molecule has 3 aliphatic rings. The zero-order chi connectivity index (χ0) is 28.5. The summed E-state index contributed by atoms with van der Waals surface area (Å²) in [6, 6.07) is 13.4. The molecule has 3 aliphatic heterocycles. The van der Waals surface area contributed by atoms with Crippen molar-refractivity contribution in [1.82, 2.24) is 4.90 Å². The highest BCUT2D eigenvalue weighted by molar-refractivity contribution is 6.34. The Hall–Kier alpha value is -3.86. The van der Waals surface area contributed by atoms with Crippen molar-refractivity contribution in [2.45, 2.75) is 6.54 Å². The topological polar surface area (TPSA) is 91.8 Å². The Kier molecular flexibility index (Phi) is 7.70. The van der Waals surface area contributed by atoms with E-state index in [9.17, 15) is 14.7 Å². The van der Waals surface area contributed by atoms with Crippen molar-refractivity contribution in [1.29, 1.82) is 0 Å². The monoisotopic (exact) mass is 581 g/mol. The molecule has 214 valence electrons. The van der Waals surface area contributed by atoms with Gasteiger partial charge in [-0.3, -0.25) is 4.79 Å². The first kappa shape index (κ1) is 27.3. The summed E-state index contributed by atoms with van der Waals surface area (Å²) < 4.78 is 32.3. The van der Waals surface area contributed by atoms with Gasteiger partial charge in [0.2, 0.25) is 0 Å². The Morgan fingerprint density at radius 2 is 1.56 bits per heavy atom. The molecular formula is C30H29ClFN3O6. The van der Waals surface area contributed by atoms with E-state index in [1.54, 1.807) is 35.2 Å². The van der Waals surface area contributed by atoms with Crippen LogP contribution in [0.4, 0.5) is 15.8 Å². The van der Waals surface area contributed by atoms with Crippen molar-refractivity contribution < 1.29 is 33.3 Å². The Bertz CT molecular complexity index is 1490. The van der Waals surface area contributed by atoms with Gasteiger partial charge in [-0.15, -0.1) is 0 Å². The number of fused-ring (bicyclic) bond motifs is 1. The summed E-state index contributed by atoms with van der Waals surface area (Å²) in [5.74, 6) is -1.68. The van der Waals surface area contributed by atoms with Gasteiger partial charge >= 0.3 is 5.97 Å². The third-order valence-corrected chi connectivity index (χ3v) is 7.94.